The van der Waals surface area contributed by atoms with Crippen molar-refractivity contribution in [3.63, 3.8) is 0 Å². The van der Waals surface area contributed by atoms with Crippen molar-refractivity contribution in [2.24, 2.45) is 23.7 Å². The van der Waals surface area contributed by atoms with Crippen molar-refractivity contribution in [2.75, 3.05) is 13.1 Å². The maximum atomic E-state index is 14.2. The average molecular weight is 404 g/mol. The van der Waals surface area contributed by atoms with E-state index in [1.54, 1.807) is 36.4 Å². The lowest BCUT2D eigenvalue weighted by Gasteiger charge is -2.36. The van der Waals surface area contributed by atoms with Gasteiger partial charge in [-0.2, -0.15) is 0 Å². The zero-order valence-electron chi connectivity index (χ0n) is 17.6. The molecule has 5 heteroatoms. The molecular formula is C24H31F2NO2. The quantitative estimate of drug-likeness (QED) is 0.648. The summed E-state index contributed by atoms with van der Waals surface area (Å²) >= 11 is 0. The van der Waals surface area contributed by atoms with Crippen molar-refractivity contribution in [2.45, 2.75) is 39.9 Å². The molecule has 4 unspecified atom stereocenters. The summed E-state index contributed by atoms with van der Waals surface area (Å²) in [6, 6.07) is 13.0. The molecule has 0 bridgehead atoms. The Morgan fingerprint density at radius 1 is 0.724 bits per heavy atom. The van der Waals surface area contributed by atoms with Gasteiger partial charge in [0.15, 0.2) is 23.1 Å². The summed E-state index contributed by atoms with van der Waals surface area (Å²) in [5.41, 5.74) is 0. The molecule has 0 aromatic heterocycles. The van der Waals surface area contributed by atoms with Crippen LogP contribution in [0.4, 0.5) is 8.78 Å². The third-order valence-electron chi connectivity index (χ3n) is 5.67. The van der Waals surface area contributed by atoms with Crippen LogP contribution in [-0.4, -0.2) is 25.3 Å². The van der Waals surface area contributed by atoms with Gasteiger partial charge in [-0.25, -0.2) is 8.78 Å². The van der Waals surface area contributed by atoms with E-state index in [9.17, 15) is 8.78 Å². The highest BCUT2D eigenvalue weighted by molar-refractivity contribution is 5.25. The van der Waals surface area contributed by atoms with Crippen LogP contribution in [-0.2, 0) is 0 Å². The van der Waals surface area contributed by atoms with Crippen LogP contribution >= 0.6 is 0 Å². The maximum absolute atomic E-state index is 14.2. The molecule has 158 valence electrons. The van der Waals surface area contributed by atoms with Gasteiger partial charge in [0.2, 0.25) is 0 Å². The molecule has 3 nitrogen and oxygen atoms in total. The topological polar surface area (TPSA) is 30.5 Å². The molecule has 1 aliphatic rings. The summed E-state index contributed by atoms with van der Waals surface area (Å²) in [7, 11) is 0. The predicted molar refractivity (Wildman–Crippen MR) is 111 cm³/mol. The van der Waals surface area contributed by atoms with Gasteiger partial charge in [-0.3, -0.25) is 0 Å². The molecule has 0 radical (unpaired) electrons. The number of hydrogen-bond donors (Lipinski definition) is 1. The first kappa shape index (κ1) is 21.6. The second-order valence-electron chi connectivity index (χ2n) is 8.50. The van der Waals surface area contributed by atoms with Gasteiger partial charge in [0.25, 0.3) is 0 Å². The molecule has 0 spiro atoms. The largest absolute Gasteiger partial charge is 0.487 e. The molecule has 1 N–H and O–H groups in total. The molecule has 1 heterocycles. The highest BCUT2D eigenvalue weighted by Crippen LogP contribution is 2.35. The van der Waals surface area contributed by atoms with Crippen molar-refractivity contribution >= 4 is 0 Å². The molecule has 2 aromatic rings. The summed E-state index contributed by atoms with van der Waals surface area (Å²) in [6.07, 6.45) is -0.366. The predicted octanol–water partition coefficient (Wildman–Crippen LogP) is 5.31. The third-order valence-corrected chi connectivity index (χ3v) is 5.67. The Bertz CT molecular complexity index is 730. The number of hydrogen-bond acceptors (Lipinski definition) is 3. The van der Waals surface area contributed by atoms with Crippen LogP contribution in [0, 0.1) is 35.3 Å². The molecule has 1 aliphatic heterocycles. The van der Waals surface area contributed by atoms with E-state index in [0.717, 1.165) is 13.1 Å². The van der Waals surface area contributed by atoms with Crippen LogP contribution in [0.1, 0.15) is 27.7 Å². The second-order valence-corrected chi connectivity index (χ2v) is 8.50. The monoisotopic (exact) mass is 403 g/mol. The lowest BCUT2D eigenvalue weighted by molar-refractivity contribution is 0.0136. The first-order valence-corrected chi connectivity index (χ1v) is 10.4. The fraction of sp³-hybridized carbons (Fsp3) is 0.500. The van der Waals surface area contributed by atoms with Crippen LogP contribution < -0.4 is 14.8 Å². The van der Waals surface area contributed by atoms with Gasteiger partial charge in [0, 0.05) is 24.9 Å². The number of halogens is 2. The summed E-state index contributed by atoms with van der Waals surface area (Å²) in [6.45, 7) is 9.86. The Labute approximate surface area is 172 Å². The molecule has 1 fully saturated rings. The van der Waals surface area contributed by atoms with Crippen molar-refractivity contribution < 1.29 is 18.3 Å². The molecule has 3 rings (SSSR count). The third kappa shape index (κ3) is 5.08. The molecule has 29 heavy (non-hydrogen) atoms. The molecule has 0 saturated carbocycles. The second kappa shape index (κ2) is 9.57. The van der Waals surface area contributed by atoms with Crippen molar-refractivity contribution in [3.05, 3.63) is 60.2 Å². The minimum Gasteiger partial charge on any atom is -0.487 e. The summed E-state index contributed by atoms with van der Waals surface area (Å²) in [4.78, 5) is 0. The Balaban J connectivity index is 1.84. The summed E-state index contributed by atoms with van der Waals surface area (Å²) < 4.78 is 40.8. The van der Waals surface area contributed by atoms with E-state index in [4.69, 9.17) is 9.47 Å². The van der Waals surface area contributed by atoms with Crippen LogP contribution in [0.3, 0.4) is 0 Å². The molecular weight excluding hydrogens is 372 g/mol. The molecule has 0 amide bonds. The van der Waals surface area contributed by atoms with Gasteiger partial charge in [0.1, 0.15) is 12.2 Å². The Kier molecular flexibility index (Phi) is 7.12. The fourth-order valence-corrected chi connectivity index (χ4v) is 4.25. The molecule has 4 atom stereocenters. The van der Waals surface area contributed by atoms with E-state index < -0.39 is 0 Å². The lowest BCUT2D eigenvalue weighted by Crippen LogP contribution is -2.44. The Hall–Kier alpha value is -2.14. The Morgan fingerprint density at radius 3 is 1.45 bits per heavy atom. The van der Waals surface area contributed by atoms with Gasteiger partial charge in [-0.1, -0.05) is 52.0 Å². The van der Waals surface area contributed by atoms with E-state index in [-0.39, 0.29) is 59.0 Å². The number of para-hydroxylation sites is 2. The smallest absolute Gasteiger partial charge is 0.165 e. The van der Waals surface area contributed by atoms with Gasteiger partial charge in [0.05, 0.1) is 0 Å². The maximum Gasteiger partial charge on any atom is 0.165 e. The van der Waals surface area contributed by atoms with Gasteiger partial charge >= 0.3 is 0 Å². The van der Waals surface area contributed by atoms with Crippen LogP contribution in [0.15, 0.2) is 48.5 Å². The van der Waals surface area contributed by atoms with Gasteiger partial charge < -0.3 is 14.8 Å². The normalized spacial score (nSPS) is 21.4. The van der Waals surface area contributed by atoms with Crippen LogP contribution in [0.25, 0.3) is 0 Å². The fourth-order valence-electron chi connectivity index (χ4n) is 4.25. The SMILES string of the molecule is CC(C)C(Oc1ccccc1F)C1CNCC1C(Oc1ccccc1F)C(C)C. The number of rotatable bonds is 8. The van der Waals surface area contributed by atoms with Crippen molar-refractivity contribution in [3.8, 4) is 11.5 Å². The highest BCUT2D eigenvalue weighted by atomic mass is 19.1. The molecule has 0 aliphatic carbocycles. The average Bonchev–Trinajstić information content (AvgIpc) is 3.15. The highest BCUT2D eigenvalue weighted by Gasteiger charge is 2.43. The lowest BCUT2D eigenvalue weighted by atomic mass is 9.79. The molecule has 2 aromatic carbocycles. The number of benzene rings is 2. The number of nitrogens with one attached hydrogen (secondary N) is 1. The van der Waals surface area contributed by atoms with Gasteiger partial charge in [-0.05, 0) is 36.1 Å². The van der Waals surface area contributed by atoms with Crippen molar-refractivity contribution in [1.82, 2.24) is 5.32 Å². The van der Waals surface area contributed by atoms with E-state index in [2.05, 4.69) is 33.0 Å². The summed E-state index contributed by atoms with van der Waals surface area (Å²) in [5.74, 6) is 0.433. The summed E-state index contributed by atoms with van der Waals surface area (Å²) in [5, 5.41) is 3.45. The minimum atomic E-state index is -0.358. The minimum absolute atomic E-state index is 0.119. The van der Waals surface area contributed by atoms with Crippen LogP contribution in [0.2, 0.25) is 0 Å². The number of ether oxygens (including phenoxy) is 2. The van der Waals surface area contributed by atoms with E-state index in [1.165, 1.54) is 12.1 Å². The Morgan fingerprint density at radius 2 is 1.10 bits per heavy atom. The zero-order chi connectivity index (χ0) is 21.0. The van der Waals surface area contributed by atoms with E-state index in [0.29, 0.717) is 0 Å². The first-order valence-electron chi connectivity index (χ1n) is 10.4. The van der Waals surface area contributed by atoms with Crippen molar-refractivity contribution in [1.29, 1.82) is 0 Å². The first-order chi connectivity index (χ1) is 13.9. The van der Waals surface area contributed by atoms with E-state index >= 15 is 0 Å². The van der Waals surface area contributed by atoms with Crippen LogP contribution in [0.5, 0.6) is 11.5 Å². The molecule has 1 saturated heterocycles. The zero-order valence-corrected chi connectivity index (χ0v) is 17.6. The van der Waals surface area contributed by atoms with E-state index in [1.807, 2.05) is 0 Å². The van der Waals surface area contributed by atoms with Gasteiger partial charge in [-0.15, -0.1) is 0 Å². The standard InChI is InChI=1S/C24H31F2NO2/c1-15(2)23(28-21-11-7-5-9-19(21)25)17-13-27-14-18(17)24(16(3)4)29-22-12-8-6-10-20(22)26/h5-12,15-18,23-24,27H,13-14H2,1-4H3.